The monoisotopic (exact) mass is 384 g/mol. The lowest BCUT2D eigenvalue weighted by Gasteiger charge is -2.10. The highest BCUT2D eigenvalue weighted by molar-refractivity contribution is 6.19. The fourth-order valence-corrected chi connectivity index (χ4v) is 3.43. The number of carbonyl (C=O) groups is 1. The van der Waals surface area contributed by atoms with Gasteiger partial charge in [-0.05, 0) is 41.3 Å². The van der Waals surface area contributed by atoms with Gasteiger partial charge >= 0.3 is 0 Å². The number of nitrogens with one attached hydrogen (secondary N) is 1. The van der Waals surface area contributed by atoms with Crippen molar-refractivity contribution in [2.45, 2.75) is 6.42 Å². The van der Waals surface area contributed by atoms with E-state index in [0.717, 1.165) is 22.4 Å². The van der Waals surface area contributed by atoms with Gasteiger partial charge in [-0.1, -0.05) is 66.7 Å². The Labute approximate surface area is 169 Å². The number of benzene rings is 3. The van der Waals surface area contributed by atoms with Gasteiger partial charge in [-0.2, -0.15) is 0 Å². The first-order valence-electron chi connectivity index (χ1n) is 9.64. The fourth-order valence-electron chi connectivity index (χ4n) is 3.43. The van der Waals surface area contributed by atoms with Gasteiger partial charge in [-0.15, -0.1) is 0 Å². The lowest BCUT2D eigenvalue weighted by Crippen LogP contribution is -2.27. The Morgan fingerprint density at radius 2 is 1.66 bits per heavy atom. The standard InChI is InChI=1S/C25H21FN2O/c26-23-13-7-4-10-19(23)14-15-27-25(29)22-12-6-5-11-21(22)24-16-20(17-28-24)18-8-2-1-3-9-18/h1-13,16H,14-15,17H2,(H,27,29). The van der Waals surface area contributed by atoms with E-state index in [1.807, 2.05) is 42.5 Å². The zero-order valence-electron chi connectivity index (χ0n) is 15.9. The molecule has 3 aromatic rings. The molecule has 0 aromatic heterocycles. The minimum Gasteiger partial charge on any atom is -0.352 e. The highest BCUT2D eigenvalue weighted by Crippen LogP contribution is 2.23. The molecule has 0 saturated carbocycles. The van der Waals surface area contributed by atoms with Crippen molar-refractivity contribution in [3.63, 3.8) is 0 Å². The molecule has 1 aliphatic heterocycles. The predicted molar refractivity (Wildman–Crippen MR) is 115 cm³/mol. The number of allylic oxidation sites excluding steroid dienone is 1. The number of halogens is 1. The van der Waals surface area contributed by atoms with Crippen LogP contribution < -0.4 is 5.32 Å². The van der Waals surface area contributed by atoms with Crippen LogP contribution in [0.25, 0.3) is 5.57 Å². The van der Waals surface area contributed by atoms with Gasteiger partial charge in [0.05, 0.1) is 12.3 Å². The second-order valence-electron chi connectivity index (χ2n) is 6.88. The minimum atomic E-state index is -0.249. The molecule has 1 aliphatic rings. The van der Waals surface area contributed by atoms with Gasteiger partial charge in [0, 0.05) is 17.7 Å². The van der Waals surface area contributed by atoms with Crippen molar-refractivity contribution in [2.75, 3.05) is 13.1 Å². The van der Waals surface area contributed by atoms with Crippen LogP contribution in [-0.2, 0) is 6.42 Å². The maximum Gasteiger partial charge on any atom is 0.251 e. The van der Waals surface area contributed by atoms with E-state index in [1.54, 1.807) is 24.3 Å². The molecule has 0 aliphatic carbocycles. The van der Waals surface area contributed by atoms with Crippen molar-refractivity contribution < 1.29 is 9.18 Å². The minimum absolute atomic E-state index is 0.179. The van der Waals surface area contributed by atoms with E-state index in [-0.39, 0.29) is 11.7 Å². The average molecular weight is 384 g/mol. The third-order valence-corrected chi connectivity index (χ3v) is 4.96. The quantitative estimate of drug-likeness (QED) is 0.658. The summed E-state index contributed by atoms with van der Waals surface area (Å²) >= 11 is 0. The smallest absolute Gasteiger partial charge is 0.251 e. The fraction of sp³-hybridized carbons (Fsp3) is 0.120. The molecule has 0 unspecified atom stereocenters. The van der Waals surface area contributed by atoms with E-state index in [0.29, 0.717) is 30.6 Å². The molecule has 1 N–H and O–H groups in total. The third-order valence-electron chi connectivity index (χ3n) is 4.96. The van der Waals surface area contributed by atoms with Crippen molar-refractivity contribution in [1.29, 1.82) is 0 Å². The molecular weight excluding hydrogens is 363 g/mol. The molecule has 144 valence electrons. The summed E-state index contributed by atoms with van der Waals surface area (Å²) in [6.45, 7) is 0.967. The summed E-state index contributed by atoms with van der Waals surface area (Å²) in [5, 5.41) is 2.90. The molecule has 1 heterocycles. The van der Waals surface area contributed by atoms with Crippen molar-refractivity contribution in [1.82, 2.24) is 5.32 Å². The van der Waals surface area contributed by atoms with Crippen LogP contribution in [0.2, 0.25) is 0 Å². The van der Waals surface area contributed by atoms with Crippen molar-refractivity contribution in [2.24, 2.45) is 4.99 Å². The Morgan fingerprint density at radius 3 is 2.48 bits per heavy atom. The first-order valence-corrected chi connectivity index (χ1v) is 9.64. The molecule has 0 fully saturated rings. The maximum atomic E-state index is 13.7. The molecule has 0 saturated heterocycles. The topological polar surface area (TPSA) is 41.5 Å². The normalized spacial score (nSPS) is 13.0. The molecular formula is C25H21FN2O. The van der Waals surface area contributed by atoms with Crippen LogP contribution in [0, 0.1) is 5.82 Å². The Hall–Kier alpha value is -3.53. The Kier molecular flexibility index (Phi) is 5.61. The van der Waals surface area contributed by atoms with Gasteiger partial charge in [0.2, 0.25) is 0 Å². The molecule has 0 spiro atoms. The van der Waals surface area contributed by atoms with Crippen LogP contribution in [0.1, 0.15) is 27.0 Å². The summed E-state index contributed by atoms with van der Waals surface area (Å²) in [6.07, 6.45) is 2.49. The number of carbonyl (C=O) groups excluding carboxylic acids is 1. The van der Waals surface area contributed by atoms with Crippen LogP contribution in [0.3, 0.4) is 0 Å². The van der Waals surface area contributed by atoms with E-state index < -0.39 is 0 Å². The molecule has 0 radical (unpaired) electrons. The van der Waals surface area contributed by atoms with Crippen molar-refractivity contribution >= 4 is 17.2 Å². The SMILES string of the molecule is O=C(NCCc1ccccc1F)c1ccccc1C1=NCC(c2ccccc2)=C1. The Balaban J connectivity index is 1.48. The molecule has 0 atom stereocenters. The number of aliphatic imine (C=N–C) groups is 1. The number of rotatable bonds is 6. The molecule has 4 rings (SSSR count). The van der Waals surface area contributed by atoms with E-state index in [4.69, 9.17) is 0 Å². The average Bonchev–Trinajstić information content (AvgIpc) is 3.26. The van der Waals surface area contributed by atoms with Crippen LogP contribution in [0.5, 0.6) is 0 Å². The second kappa shape index (κ2) is 8.65. The summed E-state index contributed by atoms with van der Waals surface area (Å²) in [5.41, 5.74) is 5.06. The summed E-state index contributed by atoms with van der Waals surface area (Å²) in [4.78, 5) is 17.4. The van der Waals surface area contributed by atoms with Gasteiger partial charge in [-0.25, -0.2) is 4.39 Å². The highest BCUT2D eigenvalue weighted by atomic mass is 19.1. The predicted octanol–water partition coefficient (Wildman–Crippen LogP) is 4.68. The van der Waals surface area contributed by atoms with Crippen LogP contribution in [0.4, 0.5) is 4.39 Å². The zero-order valence-corrected chi connectivity index (χ0v) is 15.9. The zero-order chi connectivity index (χ0) is 20.1. The molecule has 1 amide bonds. The summed E-state index contributed by atoms with van der Waals surface area (Å²) in [6, 6.07) is 24.2. The van der Waals surface area contributed by atoms with Crippen molar-refractivity contribution in [3.8, 4) is 0 Å². The number of amides is 1. The van der Waals surface area contributed by atoms with E-state index in [1.165, 1.54) is 6.07 Å². The van der Waals surface area contributed by atoms with Gasteiger partial charge < -0.3 is 5.32 Å². The first kappa shape index (κ1) is 18.8. The third kappa shape index (κ3) is 4.32. The number of hydrogen-bond acceptors (Lipinski definition) is 2. The maximum absolute atomic E-state index is 13.7. The Morgan fingerprint density at radius 1 is 0.931 bits per heavy atom. The number of nitrogens with zero attached hydrogens (tertiary/aromatic N) is 1. The van der Waals surface area contributed by atoms with Gasteiger partial charge in [0.25, 0.3) is 5.91 Å². The largest absolute Gasteiger partial charge is 0.352 e. The lowest BCUT2D eigenvalue weighted by atomic mass is 10.00. The molecule has 3 aromatic carbocycles. The molecule has 3 nitrogen and oxygen atoms in total. The second-order valence-corrected chi connectivity index (χ2v) is 6.88. The van der Waals surface area contributed by atoms with Gasteiger partial charge in [-0.3, -0.25) is 9.79 Å². The number of hydrogen-bond donors (Lipinski definition) is 1. The Bertz CT molecular complexity index is 1090. The molecule has 0 bridgehead atoms. The van der Waals surface area contributed by atoms with E-state index in [2.05, 4.69) is 22.4 Å². The van der Waals surface area contributed by atoms with Crippen LogP contribution in [0.15, 0.2) is 89.9 Å². The van der Waals surface area contributed by atoms with Crippen LogP contribution >= 0.6 is 0 Å². The lowest BCUT2D eigenvalue weighted by molar-refractivity contribution is 0.0954. The summed E-state index contributed by atoms with van der Waals surface area (Å²) in [7, 11) is 0. The molecule has 4 heteroatoms. The van der Waals surface area contributed by atoms with Gasteiger partial charge in [0.15, 0.2) is 0 Å². The summed E-state index contributed by atoms with van der Waals surface area (Å²) in [5.74, 6) is -0.428. The first-order chi connectivity index (χ1) is 14.2. The van der Waals surface area contributed by atoms with E-state index in [9.17, 15) is 9.18 Å². The van der Waals surface area contributed by atoms with Crippen molar-refractivity contribution in [3.05, 3.63) is 113 Å². The highest BCUT2D eigenvalue weighted by Gasteiger charge is 2.18. The van der Waals surface area contributed by atoms with Gasteiger partial charge in [0.1, 0.15) is 5.82 Å². The van der Waals surface area contributed by atoms with Crippen LogP contribution in [-0.4, -0.2) is 24.7 Å². The summed E-state index contributed by atoms with van der Waals surface area (Å²) < 4.78 is 13.7. The molecule has 29 heavy (non-hydrogen) atoms. The van der Waals surface area contributed by atoms with E-state index >= 15 is 0 Å².